The van der Waals surface area contributed by atoms with Crippen molar-refractivity contribution < 1.29 is 14.3 Å². The first kappa shape index (κ1) is 15.5. The van der Waals surface area contributed by atoms with Crippen molar-refractivity contribution in [1.29, 1.82) is 0 Å². The van der Waals surface area contributed by atoms with Crippen LogP contribution in [0.1, 0.15) is 48.5 Å². The summed E-state index contributed by atoms with van der Waals surface area (Å²) in [6.07, 6.45) is 4.29. The summed E-state index contributed by atoms with van der Waals surface area (Å²) in [5.41, 5.74) is 0.493. The van der Waals surface area contributed by atoms with Crippen LogP contribution in [0.5, 0.6) is 0 Å². The van der Waals surface area contributed by atoms with Gasteiger partial charge in [-0.15, -0.1) is 0 Å². The average Bonchev–Trinajstić information content (AvgIpc) is 2.46. The van der Waals surface area contributed by atoms with Crippen LogP contribution < -0.4 is 5.32 Å². The first-order valence-electron chi connectivity index (χ1n) is 7.30. The van der Waals surface area contributed by atoms with Crippen LogP contribution in [0, 0.1) is 23.6 Å². The minimum atomic E-state index is -0.541. The molecule has 0 bridgehead atoms. The molecule has 1 aliphatic rings. The van der Waals surface area contributed by atoms with Crippen LogP contribution in [0.2, 0.25) is 0 Å². The molecule has 1 aromatic rings. The Labute approximate surface area is 124 Å². The van der Waals surface area contributed by atoms with Gasteiger partial charge in [0.25, 0.3) is 5.91 Å². The molecule has 0 aliphatic heterocycles. The number of halogens is 1. The molecule has 1 aliphatic carbocycles. The van der Waals surface area contributed by atoms with E-state index < -0.39 is 5.82 Å². The smallest absolute Gasteiger partial charge is 0.251 e. The third-order valence-electron chi connectivity index (χ3n) is 3.81. The van der Waals surface area contributed by atoms with E-state index in [9.17, 15) is 9.18 Å². The van der Waals surface area contributed by atoms with Crippen LogP contribution in [0.25, 0.3) is 0 Å². The molecular weight excluding hydrogens is 269 g/mol. The van der Waals surface area contributed by atoms with Crippen molar-refractivity contribution in [1.82, 2.24) is 5.32 Å². The lowest BCUT2D eigenvalue weighted by Gasteiger charge is -2.27. The van der Waals surface area contributed by atoms with Crippen LogP contribution in [-0.2, 0) is 0 Å². The van der Waals surface area contributed by atoms with Gasteiger partial charge in [0, 0.05) is 11.6 Å². The van der Waals surface area contributed by atoms with Gasteiger partial charge in [0.15, 0.2) is 0 Å². The molecule has 0 heterocycles. The van der Waals surface area contributed by atoms with E-state index in [4.69, 9.17) is 5.11 Å². The van der Waals surface area contributed by atoms with Gasteiger partial charge >= 0.3 is 0 Å². The summed E-state index contributed by atoms with van der Waals surface area (Å²) in [6.45, 7) is 1.87. The van der Waals surface area contributed by atoms with Crippen molar-refractivity contribution in [3.63, 3.8) is 0 Å². The molecule has 4 heteroatoms. The molecule has 0 radical (unpaired) electrons. The van der Waals surface area contributed by atoms with Gasteiger partial charge in [-0.05, 0) is 37.0 Å². The Morgan fingerprint density at radius 2 is 2.29 bits per heavy atom. The largest absolute Gasteiger partial charge is 0.384 e. The van der Waals surface area contributed by atoms with Crippen LogP contribution >= 0.6 is 0 Å². The number of carbonyl (C=O) groups excluding carboxylic acids is 1. The number of amides is 1. The predicted octanol–water partition coefficient (Wildman–Crippen LogP) is 2.48. The molecule has 0 aromatic heterocycles. The third kappa shape index (κ3) is 4.30. The Bertz CT molecular complexity index is 574. The third-order valence-corrected chi connectivity index (χ3v) is 3.81. The minimum Gasteiger partial charge on any atom is -0.384 e. The molecular formula is C17H20FNO2. The zero-order valence-electron chi connectivity index (χ0n) is 12.2. The Hall–Kier alpha value is -1.86. The number of benzene rings is 1. The molecule has 1 aromatic carbocycles. The van der Waals surface area contributed by atoms with Crippen molar-refractivity contribution in [3.8, 4) is 11.8 Å². The van der Waals surface area contributed by atoms with E-state index in [1.165, 1.54) is 18.6 Å². The first-order chi connectivity index (χ1) is 10.1. The second-order valence-electron chi connectivity index (χ2n) is 5.60. The highest BCUT2D eigenvalue weighted by Gasteiger charge is 2.21. The van der Waals surface area contributed by atoms with Gasteiger partial charge < -0.3 is 10.4 Å². The molecule has 2 N–H and O–H groups in total. The molecule has 1 fully saturated rings. The second kappa shape index (κ2) is 7.24. The summed E-state index contributed by atoms with van der Waals surface area (Å²) in [4.78, 5) is 12.1. The van der Waals surface area contributed by atoms with Gasteiger partial charge in [-0.2, -0.15) is 0 Å². The number of nitrogens with one attached hydrogen (secondary N) is 1. The summed E-state index contributed by atoms with van der Waals surface area (Å²) in [6, 6.07) is 4.41. The quantitative estimate of drug-likeness (QED) is 0.822. The lowest BCUT2D eigenvalue weighted by atomic mass is 9.87. The van der Waals surface area contributed by atoms with Crippen LogP contribution in [-0.4, -0.2) is 23.7 Å². The number of rotatable bonds is 2. The van der Waals surface area contributed by atoms with Crippen LogP contribution in [0.4, 0.5) is 4.39 Å². The maximum atomic E-state index is 13.8. The van der Waals surface area contributed by atoms with E-state index >= 15 is 0 Å². The number of carbonyl (C=O) groups is 1. The molecule has 1 saturated carbocycles. The van der Waals surface area contributed by atoms with Crippen molar-refractivity contribution in [2.75, 3.05) is 6.61 Å². The highest BCUT2D eigenvalue weighted by Crippen LogP contribution is 2.23. The fourth-order valence-corrected chi connectivity index (χ4v) is 2.73. The fraction of sp³-hybridized carbons (Fsp3) is 0.471. The van der Waals surface area contributed by atoms with Crippen molar-refractivity contribution in [2.24, 2.45) is 5.92 Å². The molecule has 1 amide bonds. The van der Waals surface area contributed by atoms with Gasteiger partial charge in [-0.1, -0.05) is 31.6 Å². The summed E-state index contributed by atoms with van der Waals surface area (Å²) in [5.74, 6) is 4.74. The zero-order chi connectivity index (χ0) is 15.2. The summed E-state index contributed by atoms with van der Waals surface area (Å²) >= 11 is 0. The summed E-state index contributed by atoms with van der Waals surface area (Å²) < 4.78 is 13.8. The highest BCUT2D eigenvalue weighted by atomic mass is 19.1. The number of hydrogen-bond donors (Lipinski definition) is 2. The number of aliphatic hydroxyl groups excluding tert-OH is 1. The molecule has 2 unspecified atom stereocenters. The van der Waals surface area contributed by atoms with Crippen LogP contribution in [0.3, 0.4) is 0 Å². The maximum Gasteiger partial charge on any atom is 0.251 e. The van der Waals surface area contributed by atoms with E-state index in [0.717, 1.165) is 19.3 Å². The minimum absolute atomic E-state index is 0.179. The standard InChI is InChI=1S/C17H20FNO2/c1-12-4-2-6-15(10-12)19-17(21)14-8-7-13(5-3-9-20)16(18)11-14/h7-8,11-12,15,20H,2,4,6,9-10H2,1H3,(H,19,21). The monoisotopic (exact) mass is 289 g/mol. The lowest BCUT2D eigenvalue weighted by molar-refractivity contribution is 0.0921. The van der Waals surface area contributed by atoms with E-state index in [1.807, 2.05) is 0 Å². The predicted molar refractivity (Wildman–Crippen MR) is 79.3 cm³/mol. The van der Waals surface area contributed by atoms with Gasteiger partial charge in [0.2, 0.25) is 0 Å². The molecule has 3 nitrogen and oxygen atoms in total. The summed E-state index contributed by atoms with van der Waals surface area (Å²) in [5, 5.41) is 11.6. The maximum absolute atomic E-state index is 13.8. The first-order valence-corrected chi connectivity index (χ1v) is 7.30. The van der Waals surface area contributed by atoms with Crippen molar-refractivity contribution in [3.05, 3.63) is 35.1 Å². The molecule has 0 spiro atoms. The van der Waals surface area contributed by atoms with Crippen molar-refractivity contribution in [2.45, 2.75) is 38.6 Å². The van der Waals surface area contributed by atoms with Crippen molar-refractivity contribution >= 4 is 5.91 Å². The molecule has 21 heavy (non-hydrogen) atoms. The summed E-state index contributed by atoms with van der Waals surface area (Å²) in [7, 11) is 0. The zero-order valence-corrected chi connectivity index (χ0v) is 12.2. The highest BCUT2D eigenvalue weighted by molar-refractivity contribution is 5.94. The van der Waals surface area contributed by atoms with Gasteiger partial charge in [0.1, 0.15) is 12.4 Å². The Kier molecular flexibility index (Phi) is 5.35. The van der Waals surface area contributed by atoms with E-state index in [2.05, 4.69) is 24.1 Å². The lowest BCUT2D eigenvalue weighted by Crippen LogP contribution is -2.38. The molecule has 112 valence electrons. The van der Waals surface area contributed by atoms with E-state index in [1.54, 1.807) is 6.07 Å². The normalized spacial score (nSPS) is 21.3. The number of aliphatic hydroxyl groups is 1. The number of hydrogen-bond acceptors (Lipinski definition) is 2. The SMILES string of the molecule is CC1CCCC(NC(=O)c2ccc(C#CCO)c(F)c2)C1. The van der Waals surface area contributed by atoms with E-state index in [-0.39, 0.29) is 24.1 Å². The molecule has 2 atom stereocenters. The van der Waals surface area contributed by atoms with Gasteiger partial charge in [-0.3, -0.25) is 4.79 Å². The Balaban J connectivity index is 2.04. The fourth-order valence-electron chi connectivity index (χ4n) is 2.73. The Morgan fingerprint density at radius 1 is 1.48 bits per heavy atom. The van der Waals surface area contributed by atoms with Crippen LogP contribution in [0.15, 0.2) is 18.2 Å². The Morgan fingerprint density at radius 3 is 2.95 bits per heavy atom. The second-order valence-corrected chi connectivity index (χ2v) is 5.60. The molecule has 2 rings (SSSR count). The molecule has 0 saturated heterocycles. The van der Waals surface area contributed by atoms with Gasteiger partial charge in [-0.25, -0.2) is 4.39 Å². The average molecular weight is 289 g/mol. The van der Waals surface area contributed by atoms with E-state index in [0.29, 0.717) is 11.5 Å². The topological polar surface area (TPSA) is 49.3 Å². The van der Waals surface area contributed by atoms with Gasteiger partial charge in [0.05, 0.1) is 5.56 Å².